The zero-order valence-corrected chi connectivity index (χ0v) is 32.6. The summed E-state index contributed by atoms with van der Waals surface area (Å²) in [7, 11) is 5.06. The summed E-state index contributed by atoms with van der Waals surface area (Å²) in [6.45, 7) is 9.66. The molecule has 0 amide bonds. The molecule has 10 nitrogen and oxygen atoms in total. The van der Waals surface area contributed by atoms with Gasteiger partial charge in [0, 0.05) is 77.8 Å². The van der Waals surface area contributed by atoms with E-state index >= 15 is 0 Å². The highest BCUT2D eigenvalue weighted by atomic mass is 16.6. The Morgan fingerprint density at radius 2 is 1.81 bits per heavy atom. The van der Waals surface area contributed by atoms with Gasteiger partial charge in [0.05, 0.1) is 32.3 Å². The molecule has 2 aromatic carbocycles. The summed E-state index contributed by atoms with van der Waals surface area (Å²) in [5, 5.41) is 14.6. The first-order chi connectivity index (χ1) is 26.1. The molecule has 10 heteroatoms. The van der Waals surface area contributed by atoms with Gasteiger partial charge < -0.3 is 28.8 Å². The smallest absolute Gasteiger partial charge is 0.344 e. The number of likely N-dealkylation sites (N-methyl/N-ethyl adjacent to an activating group) is 1. The Kier molecular flexibility index (Phi) is 7.43. The van der Waals surface area contributed by atoms with Crippen molar-refractivity contribution in [3.63, 3.8) is 0 Å². The number of hydrogen-bond acceptors (Lipinski definition) is 9. The summed E-state index contributed by atoms with van der Waals surface area (Å²) in [6, 6.07) is 13.1. The zero-order valence-electron chi connectivity index (χ0n) is 32.6. The van der Waals surface area contributed by atoms with Crippen molar-refractivity contribution in [3.05, 3.63) is 70.9 Å². The molecular formula is C44H54N4O6. The number of nitrogens with zero attached hydrogens (tertiary/aromatic N) is 4. The van der Waals surface area contributed by atoms with Crippen molar-refractivity contribution in [3.8, 4) is 5.75 Å². The van der Waals surface area contributed by atoms with Gasteiger partial charge in [0.2, 0.25) is 5.60 Å². The van der Waals surface area contributed by atoms with Gasteiger partial charge in [0.1, 0.15) is 5.75 Å². The number of rotatable bonds is 6. The van der Waals surface area contributed by atoms with Crippen molar-refractivity contribution in [2.24, 2.45) is 10.8 Å². The summed E-state index contributed by atoms with van der Waals surface area (Å²) in [5.74, 6) is -0.486. The molecule has 1 spiro atoms. The lowest BCUT2D eigenvalue weighted by atomic mass is 9.47. The van der Waals surface area contributed by atoms with E-state index in [0.29, 0.717) is 12.5 Å². The Hall–Kier alpha value is -3.86. The number of carbonyl (C=O) groups is 2. The van der Waals surface area contributed by atoms with Gasteiger partial charge >= 0.3 is 11.9 Å². The molecule has 3 aromatic rings. The van der Waals surface area contributed by atoms with E-state index in [-0.39, 0.29) is 17.5 Å². The second kappa shape index (κ2) is 11.6. The van der Waals surface area contributed by atoms with Crippen molar-refractivity contribution in [1.82, 2.24) is 14.4 Å². The summed E-state index contributed by atoms with van der Waals surface area (Å²) < 4.78 is 20.8. The standard InChI is InChI=1S/C44H54N4O6/c1-7-41-16-11-19-46-21-15-28-27-13-9-10-14-31(27)48(35(28)36(41)46)33(25-41)29-23-30-32(24-34(29)52-5)45(4)38-43(30)18-22-47-20-12-17-42(8-2,37(43)47)39(54-26(3)49)44(38,51)40(50)53-6/h9-10,12-14,17,23-24,33,36-39,51H,7-8,11,15-16,18-22,25H2,1-6H3/t33-,36-,37-,38+,39+,41+,42+,43+,44-/m0/s1. The van der Waals surface area contributed by atoms with Crippen LogP contribution in [0.4, 0.5) is 5.69 Å². The zero-order chi connectivity index (χ0) is 37.5. The lowest BCUT2D eigenvalue weighted by Crippen LogP contribution is -2.81. The number of piperidine rings is 1. The fourth-order valence-electron chi connectivity index (χ4n) is 14.0. The number of carbonyl (C=O) groups excluding carboxylic acids is 2. The summed E-state index contributed by atoms with van der Waals surface area (Å²) in [5.41, 5.74) is 3.99. The lowest BCUT2D eigenvalue weighted by Gasteiger charge is -2.63. The molecule has 1 N–H and O–H groups in total. The molecule has 10 rings (SSSR count). The number of para-hydroxylation sites is 1. The van der Waals surface area contributed by atoms with Crippen LogP contribution in [0.1, 0.15) is 93.8 Å². The quantitative estimate of drug-likeness (QED) is 0.254. The number of benzene rings is 2. The molecule has 0 unspecified atom stereocenters. The largest absolute Gasteiger partial charge is 0.496 e. The number of aromatic nitrogens is 1. The highest BCUT2D eigenvalue weighted by Gasteiger charge is 2.80. The first kappa shape index (κ1) is 34.6. The van der Waals surface area contributed by atoms with E-state index in [0.717, 1.165) is 74.4 Å². The second-order valence-electron chi connectivity index (χ2n) is 17.5. The van der Waals surface area contributed by atoms with Gasteiger partial charge in [-0.1, -0.05) is 44.2 Å². The van der Waals surface area contributed by atoms with Crippen molar-refractivity contribution >= 4 is 28.5 Å². The average Bonchev–Trinajstić information content (AvgIpc) is 3.83. The molecule has 1 aromatic heterocycles. The maximum absolute atomic E-state index is 14.3. The first-order valence-corrected chi connectivity index (χ1v) is 20.3. The van der Waals surface area contributed by atoms with Crippen LogP contribution in [0.25, 0.3) is 10.9 Å². The van der Waals surface area contributed by atoms with Gasteiger partial charge in [-0.3, -0.25) is 14.6 Å². The first-order valence-electron chi connectivity index (χ1n) is 20.3. The summed E-state index contributed by atoms with van der Waals surface area (Å²) >= 11 is 0. The number of hydrogen-bond donors (Lipinski definition) is 1. The van der Waals surface area contributed by atoms with Crippen LogP contribution >= 0.6 is 0 Å². The maximum Gasteiger partial charge on any atom is 0.344 e. The number of fused-ring (bicyclic) bond motifs is 4. The molecular weight excluding hydrogens is 681 g/mol. The number of esters is 2. The molecule has 7 aliphatic rings. The number of ether oxygens (including phenoxy) is 3. The Labute approximate surface area is 318 Å². The highest BCUT2D eigenvalue weighted by Crippen LogP contribution is 2.69. The van der Waals surface area contributed by atoms with Crippen LogP contribution < -0.4 is 9.64 Å². The van der Waals surface area contributed by atoms with Crippen LogP contribution in [-0.2, 0) is 30.9 Å². The fourth-order valence-corrected chi connectivity index (χ4v) is 14.0. The van der Waals surface area contributed by atoms with Gasteiger partial charge in [-0.25, -0.2) is 4.79 Å². The van der Waals surface area contributed by atoms with E-state index in [1.165, 1.54) is 49.0 Å². The Bertz CT molecular complexity index is 2130. The molecule has 6 aliphatic heterocycles. The molecule has 1 aliphatic carbocycles. The monoisotopic (exact) mass is 734 g/mol. The predicted octanol–water partition coefficient (Wildman–Crippen LogP) is 5.68. The Morgan fingerprint density at radius 3 is 2.56 bits per heavy atom. The van der Waals surface area contributed by atoms with Gasteiger partial charge in [-0.2, -0.15) is 0 Å². The van der Waals surface area contributed by atoms with Gasteiger partial charge in [0.25, 0.3) is 0 Å². The molecule has 1 saturated carbocycles. The lowest BCUT2D eigenvalue weighted by molar-refractivity contribution is -0.228. The third-order valence-corrected chi connectivity index (χ3v) is 15.8. The minimum Gasteiger partial charge on any atom is -0.496 e. The molecule has 0 bridgehead atoms. The van der Waals surface area contributed by atoms with E-state index in [1.54, 1.807) is 7.11 Å². The number of methoxy groups -OCH3 is 2. The van der Waals surface area contributed by atoms with Crippen LogP contribution in [0, 0.1) is 10.8 Å². The van der Waals surface area contributed by atoms with Crippen LogP contribution in [0.15, 0.2) is 48.6 Å². The Balaban J connectivity index is 1.25. The van der Waals surface area contributed by atoms with Crippen molar-refractivity contribution in [1.29, 1.82) is 0 Å². The van der Waals surface area contributed by atoms with Crippen LogP contribution in [0.3, 0.4) is 0 Å². The predicted molar refractivity (Wildman–Crippen MR) is 206 cm³/mol. The normalized spacial score (nSPS) is 37.4. The number of anilines is 1. The van der Waals surface area contributed by atoms with E-state index in [2.05, 4.69) is 81.7 Å². The van der Waals surface area contributed by atoms with Gasteiger partial charge in [-0.05, 0) is 86.7 Å². The van der Waals surface area contributed by atoms with Gasteiger partial charge in [0.15, 0.2) is 6.10 Å². The molecule has 9 atom stereocenters. The SMILES string of the molecule is CC[C@@]12CCCN3CCc4c(n(c5ccccc45)[C@H](c4cc5c(cc4OC)N(C)[C@H]4[C@@](O)(C(=O)OC)[C@H](OC(C)=O)[C@]6(CC)C=CCN7CC[C@]54[C@@H]76)C1)[C@H]32. The third kappa shape index (κ3) is 3.92. The molecule has 7 heterocycles. The van der Waals surface area contributed by atoms with E-state index < -0.39 is 40.5 Å². The third-order valence-electron chi connectivity index (χ3n) is 15.8. The highest BCUT2D eigenvalue weighted by molar-refractivity contribution is 5.88. The molecule has 2 saturated heterocycles. The molecule has 54 heavy (non-hydrogen) atoms. The van der Waals surface area contributed by atoms with Crippen molar-refractivity contribution < 1.29 is 28.9 Å². The number of aliphatic hydroxyl groups is 1. The minimum atomic E-state index is -2.16. The van der Waals surface area contributed by atoms with E-state index in [9.17, 15) is 14.7 Å². The van der Waals surface area contributed by atoms with Crippen molar-refractivity contribution in [2.75, 3.05) is 52.3 Å². The van der Waals surface area contributed by atoms with Gasteiger partial charge in [-0.15, -0.1) is 0 Å². The van der Waals surface area contributed by atoms with E-state index in [4.69, 9.17) is 14.2 Å². The maximum atomic E-state index is 14.3. The summed E-state index contributed by atoms with van der Waals surface area (Å²) in [6.07, 6.45) is 10.0. The Morgan fingerprint density at radius 1 is 1.00 bits per heavy atom. The topological polar surface area (TPSA) is 96.7 Å². The van der Waals surface area contributed by atoms with Crippen LogP contribution in [-0.4, -0.2) is 103 Å². The minimum absolute atomic E-state index is 0.0328. The van der Waals surface area contributed by atoms with Crippen molar-refractivity contribution in [2.45, 2.75) is 107 Å². The average molecular weight is 735 g/mol. The second-order valence-corrected chi connectivity index (χ2v) is 17.5. The van der Waals surface area contributed by atoms with Crippen LogP contribution in [0.2, 0.25) is 0 Å². The fraction of sp³-hybridized carbons (Fsp3) is 0.591. The van der Waals surface area contributed by atoms with E-state index in [1.807, 2.05) is 7.05 Å². The molecule has 286 valence electrons. The molecule has 3 fully saturated rings. The van der Waals surface area contributed by atoms with Crippen LogP contribution in [0.5, 0.6) is 5.75 Å². The molecule has 0 radical (unpaired) electrons. The summed E-state index contributed by atoms with van der Waals surface area (Å²) in [4.78, 5) is 34.6.